The van der Waals surface area contributed by atoms with Crippen molar-refractivity contribution in [1.82, 2.24) is 9.55 Å². The van der Waals surface area contributed by atoms with Crippen molar-refractivity contribution in [2.45, 2.75) is 31.3 Å². The van der Waals surface area contributed by atoms with E-state index in [4.69, 9.17) is 15.5 Å². The molecule has 1 aromatic heterocycles. The third kappa shape index (κ3) is 2.02. The molecule has 1 atom stereocenters. The highest BCUT2D eigenvalue weighted by Crippen LogP contribution is 2.39. The average molecular weight is 245 g/mol. The van der Waals surface area contributed by atoms with Gasteiger partial charge in [0.15, 0.2) is 0 Å². The SMILES string of the molecule is COCCC(N)c1nc2ccccc2n1C1CC1. The molecule has 0 saturated heterocycles. The molecule has 0 aliphatic heterocycles. The summed E-state index contributed by atoms with van der Waals surface area (Å²) in [5, 5.41) is 0. The van der Waals surface area contributed by atoms with E-state index in [1.165, 1.54) is 18.4 Å². The predicted octanol–water partition coefficient (Wildman–Crippen LogP) is 2.41. The molecule has 1 saturated carbocycles. The Hall–Kier alpha value is -1.39. The molecule has 1 unspecified atom stereocenters. The molecule has 0 bridgehead atoms. The number of aromatic nitrogens is 2. The zero-order valence-electron chi connectivity index (χ0n) is 10.7. The summed E-state index contributed by atoms with van der Waals surface area (Å²) in [5.74, 6) is 1.01. The maximum Gasteiger partial charge on any atom is 0.127 e. The number of methoxy groups -OCH3 is 1. The Bertz CT molecular complexity index is 545. The summed E-state index contributed by atoms with van der Waals surface area (Å²) >= 11 is 0. The van der Waals surface area contributed by atoms with Gasteiger partial charge < -0.3 is 15.0 Å². The van der Waals surface area contributed by atoms with Crippen molar-refractivity contribution in [3.63, 3.8) is 0 Å². The van der Waals surface area contributed by atoms with Gasteiger partial charge in [-0.05, 0) is 31.4 Å². The molecule has 18 heavy (non-hydrogen) atoms. The minimum absolute atomic E-state index is 0.0436. The highest BCUT2D eigenvalue weighted by atomic mass is 16.5. The van der Waals surface area contributed by atoms with Gasteiger partial charge in [-0.2, -0.15) is 0 Å². The van der Waals surface area contributed by atoms with E-state index in [9.17, 15) is 0 Å². The Labute approximate surface area is 107 Å². The molecule has 1 fully saturated rings. The van der Waals surface area contributed by atoms with Gasteiger partial charge in [0, 0.05) is 19.8 Å². The molecule has 0 amide bonds. The van der Waals surface area contributed by atoms with E-state index in [2.05, 4.69) is 22.8 Å². The first-order valence-corrected chi connectivity index (χ1v) is 6.52. The first-order chi connectivity index (χ1) is 8.81. The summed E-state index contributed by atoms with van der Waals surface area (Å²) in [6.07, 6.45) is 3.29. The molecule has 3 rings (SSSR count). The van der Waals surface area contributed by atoms with E-state index in [0.717, 1.165) is 17.8 Å². The van der Waals surface area contributed by atoms with Crippen LogP contribution < -0.4 is 5.73 Å². The number of nitrogens with two attached hydrogens (primary N) is 1. The van der Waals surface area contributed by atoms with E-state index < -0.39 is 0 Å². The van der Waals surface area contributed by atoms with Gasteiger partial charge >= 0.3 is 0 Å². The van der Waals surface area contributed by atoms with E-state index in [-0.39, 0.29) is 6.04 Å². The molecular formula is C14H19N3O. The van der Waals surface area contributed by atoms with E-state index in [0.29, 0.717) is 12.6 Å². The van der Waals surface area contributed by atoms with Gasteiger partial charge in [-0.3, -0.25) is 0 Å². The fourth-order valence-electron chi connectivity index (χ4n) is 2.42. The lowest BCUT2D eigenvalue weighted by molar-refractivity contribution is 0.186. The Morgan fingerprint density at radius 3 is 2.94 bits per heavy atom. The summed E-state index contributed by atoms with van der Waals surface area (Å²) in [5.41, 5.74) is 8.51. The summed E-state index contributed by atoms with van der Waals surface area (Å²) in [4.78, 5) is 4.71. The van der Waals surface area contributed by atoms with Crippen LogP contribution in [-0.2, 0) is 4.74 Å². The molecule has 0 spiro atoms. The minimum atomic E-state index is -0.0436. The molecule has 1 aliphatic carbocycles. The van der Waals surface area contributed by atoms with E-state index >= 15 is 0 Å². The van der Waals surface area contributed by atoms with Crippen molar-refractivity contribution >= 4 is 11.0 Å². The van der Waals surface area contributed by atoms with Gasteiger partial charge in [-0.25, -0.2) is 4.98 Å². The number of ether oxygens (including phenoxy) is 1. The first-order valence-electron chi connectivity index (χ1n) is 6.52. The number of nitrogens with zero attached hydrogens (tertiary/aromatic N) is 2. The van der Waals surface area contributed by atoms with Gasteiger partial charge in [0.2, 0.25) is 0 Å². The highest BCUT2D eigenvalue weighted by Gasteiger charge is 2.29. The molecule has 2 aromatic rings. The van der Waals surface area contributed by atoms with E-state index in [1.54, 1.807) is 7.11 Å². The van der Waals surface area contributed by atoms with Gasteiger partial charge in [-0.1, -0.05) is 12.1 Å². The number of fused-ring (bicyclic) bond motifs is 1. The zero-order chi connectivity index (χ0) is 12.5. The Balaban J connectivity index is 2.01. The van der Waals surface area contributed by atoms with Crippen LogP contribution in [0.2, 0.25) is 0 Å². The molecular weight excluding hydrogens is 226 g/mol. The average Bonchev–Trinajstić information content (AvgIpc) is 3.15. The minimum Gasteiger partial charge on any atom is -0.385 e. The van der Waals surface area contributed by atoms with Crippen molar-refractivity contribution in [1.29, 1.82) is 0 Å². The standard InChI is InChI=1S/C14H19N3O/c1-18-9-8-11(15)14-16-12-4-2-3-5-13(12)17(14)10-6-7-10/h2-5,10-11H,6-9,15H2,1H3. The maximum atomic E-state index is 6.25. The Morgan fingerprint density at radius 2 is 2.22 bits per heavy atom. The molecule has 1 aliphatic rings. The van der Waals surface area contributed by atoms with Crippen LogP contribution in [0.4, 0.5) is 0 Å². The summed E-state index contributed by atoms with van der Waals surface area (Å²) in [7, 11) is 1.70. The summed E-state index contributed by atoms with van der Waals surface area (Å²) in [6, 6.07) is 8.83. The number of hydrogen-bond acceptors (Lipinski definition) is 3. The molecule has 2 N–H and O–H groups in total. The number of hydrogen-bond donors (Lipinski definition) is 1. The highest BCUT2D eigenvalue weighted by molar-refractivity contribution is 5.76. The third-order valence-corrected chi connectivity index (χ3v) is 3.50. The number of rotatable bonds is 5. The van der Waals surface area contributed by atoms with Gasteiger partial charge in [0.05, 0.1) is 17.1 Å². The lowest BCUT2D eigenvalue weighted by atomic mass is 10.2. The summed E-state index contributed by atoms with van der Waals surface area (Å²) < 4.78 is 7.44. The van der Waals surface area contributed by atoms with Crippen LogP contribution in [0.15, 0.2) is 24.3 Å². The fourth-order valence-corrected chi connectivity index (χ4v) is 2.42. The second kappa shape index (κ2) is 4.71. The van der Waals surface area contributed by atoms with Crippen LogP contribution in [0.1, 0.15) is 37.2 Å². The van der Waals surface area contributed by atoms with Crippen molar-refractivity contribution < 1.29 is 4.74 Å². The van der Waals surface area contributed by atoms with Crippen LogP contribution >= 0.6 is 0 Å². The monoisotopic (exact) mass is 245 g/mol. The molecule has 4 nitrogen and oxygen atoms in total. The second-order valence-electron chi connectivity index (χ2n) is 4.95. The molecule has 1 aromatic carbocycles. The van der Waals surface area contributed by atoms with Crippen LogP contribution in [-0.4, -0.2) is 23.3 Å². The van der Waals surface area contributed by atoms with Gasteiger partial charge in [0.1, 0.15) is 5.82 Å². The molecule has 0 radical (unpaired) electrons. The van der Waals surface area contributed by atoms with Crippen LogP contribution in [0.5, 0.6) is 0 Å². The third-order valence-electron chi connectivity index (χ3n) is 3.50. The topological polar surface area (TPSA) is 53.1 Å². The number of imidazole rings is 1. The molecule has 4 heteroatoms. The first kappa shape index (κ1) is 11.7. The number of benzene rings is 1. The predicted molar refractivity (Wildman–Crippen MR) is 71.4 cm³/mol. The lowest BCUT2D eigenvalue weighted by Gasteiger charge is -2.13. The Morgan fingerprint density at radius 1 is 1.44 bits per heavy atom. The lowest BCUT2D eigenvalue weighted by Crippen LogP contribution is -2.18. The van der Waals surface area contributed by atoms with Crippen molar-refractivity contribution in [2.75, 3.05) is 13.7 Å². The maximum absolute atomic E-state index is 6.25. The van der Waals surface area contributed by atoms with Crippen molar-refractivity contribution in [3.8, 4) is 0 Å². The largest absolute Gasteiger partial charge is 0.385 e. The number of para-hydroxylation sites is 2. The van der Waals surface area contributed by atoms with Crippen LogP contribution in [0, 0.1) is 0 Å². The van der Waals surface area contributed by atoms with Gasteiger partial charge in [-0.15, -0.1) is 0 Å². The quantitative estimate of drug-likeness (QED) is 0.880. The fraction of sp³-hybridized carbons (Fsp3) is 0.500. The normalized spacial score (nSPS) is 17.2. The van der Waals surface area contributed by atoms with Crippen molar-refractivity contribution in [2.24, 2.45) is 5.73 Å². The van der Waals surface area contributed by atoms with E-state index in [1.807, 2.05) is 6.07 Å². The Kier molecular flexibility index (Phi) is 3.06. The smallest absolute Gasteiger partial charge is 0.127 e. The molecule has 96 valence electrons. The summed E-state index contributed by atoms with van der Waals surface area (Å²) in [6.45, 7) is 0.676. The second-order valence-corrected chi connectivity index (χ2v) is 4.95. The van der Waals surface area contributed by atoms with Crippen LogP contribution in [0.3, 0.4) is 0 Å². The van der Waals surface area contributed by atoms with Gasteiger partial charge in [0.25, 0.3) is 0 Å². The van der Waals surface area contributed by atoms with Crippen LogP contribution in [0.25, 0.3) is 11.0 Å². The van der Waals surface area contributed by atoms with Crippen molar-refractivity contribution in [3.05, 3.63) is 30.1 Å². The molecule has 1 heterocycles. The zero-order valence-corrected chi connectivity index (χ0v) is 10.7.